The molecule has 0 heterocycles. The summed E-state index contributed by atoms with van der Waals surface area (Å²) in [5.74, 6) is -0.697. The molecule has 1 rings (SSSR count). The molecule has 1 aromatic rings. The lowest BCUT2D eigenvalue weighted by molar-refractivity contribution is -0.130. The molecule has 0 saturated heterocycles. The summed E-state index contributed by atoms with van der Waals surface area (Å²) in [6, 6.07) is 7.22. The van der Waals surface area contributed by atoms with Gasteiger partial charge in [0.2, 0.25) is 11.8 Å². The molecule has 0 radical (unpaired) electrons. The normalized spacial score (nSPS) is 13.8. The van der Waals surface area contributed by atoms with E-state index in [9.17, 15) is 23.9 Å². The van der Waals surface area contributed by atoms with Crippen LogP contribution in [0.4, 0.5) is 9.18 Å². The lowest BCUT2D eigenvalue weighted by atomic mass is 10.0. The van der Waals surface area contributed by atoms with Crippen molar-refractivity contribution < 1.29 is 28.6 Å². The third-order valence-corrected chi connectivity index (χ3v) is 4.65. The van der Waals surface area contributed by atoms with Crippen molar-refractivity contribution in [3.05, 3.63) is 35.9 Å². The second kappa shape index (κ2) is 13.6. The smallest absolute Gasteiger partial charge is 0.408 e. The molecule has 174 valence electrons. The molecule has 0 bridgehead atoms. The fourth-order valence-electron chi connectivity index (χ4n) is 2.86. The number of nitrogens with zero attached hydrogens (tertiary/aromatic N) is 1. The molecule has 3 amide bonds. The van der Waals surface area contributed by atoms with Gasteiger partial charge in [0, 0.05) is 20.5 Å². The zero-order chi connectivity index (χ0) is 23.4. The number of benzene rings is 1. The number of alkyl carbamates (subject to hydrolysis) is 1. The van der Waals surface area contributed by atoms with E-state index in [-0.39, 0.29) is 31.3 Å². The zero-order valence-corrected chi connectivity index (χ0v) is 18.6. The van der Waals surface area contributed by atoms with Crippen LogP contribution in [0.5, 0.6) is 0 Å². The molecule has 0 aliphatic heterocycles. The Balaban J connectivity index is 2.74. The van der Waals surface area contributed by atoms with Crippen molar-refractivity contribution in [1.82, 2.24) is 15.5 Å². The number of nitrogens with one attached hydrogen (secondary N) is 2. The van der Waals surface area contributed by atoms with E-state index in [2.05, 4.69) is 10.6 Å². The van der Waals surface area contributed by atoms with Crippen LogP contribution in [0, 0.1) is 5.92 Å². The largest absolute Gasteiger partial charge is 0.445 e. The number of hydrogen-bond donors (Lipinski definition) is 3. The summed E-state index contributed by atoms with van der Waals surface area (Å²) in [5.41, 5.74) is 0.805. The highest BCUT2D eigenvalue weighted by Gasteiger charge is 2.28. The number of rotatable bonds is 12. The number of aliphatic hydroxyl groups excluding tert-OH is 1. The first-order chi connectivity index (χ1) is 14.6. The summed E-state index contributed by atoms with van der Waals surface area (Å²) in [6.45, 7) is 2.77. The van der Waals surface area contributed by atoms with Gasteiger partial charge in [-0.3, -0.25) is 9.59 Å². The molecule has 0 aromatic heterocycles. The van der Waals surface area contributed by atoms with E-state index < -0.39 is 36.9 Å². The number of carbonyl (C=O) groups is 3. The average Bonchev–Trinajstić information content (AvgIpc) is 2.74. The molecule has 3 atom stereocenters. The molecule has 0 aliphatic carbocycles. The number of aliphatic hydroxyl groups is 1. The lowest BCUT2D eigenvalue weighted by Gasteiger charge is -2.26. The Morgan fingerprint density at radius 2 is 1.77 bits per heavy atom. The van der Waals surface area contributed by atoms with Gasteiger partial charge in [-0.05, 0) is 24.3 Å². The predicted molar refractivity (Wildman–Crippen MR) is 115 cm³/mol. The van der Waals surface area contributed by atoms with Gasteiger partial charge in [-0.2, -0.15) is 0 Å². The van der Waals surface area contributed by atoms with Crippen molar-refractivity contribution in [1.29, 1.82) is 0 Å². The van der Waals surface area contributed by atoms with Gasteiger partial charge in [0.05, 0.1) is 6.04 Å². The monoisotopic (exact) mass is 439 g/mol. The van der Waals surface area contributed by atoms with Crippen LogP contribution in [-0.4, -0.2) is 66.9 Å². The summed E-state index contributed by atoms with van der Waals surface area (Å²) in [7, 11) is 3.18. The second-order valence-electron chi connectivity index (χ2n) is 8.05. The maximum absolute atomic E-state index is 13.1. The van der Waals surface area contributed by atoms with E-state index in [1.165, 1.54) is 4.90 Å². The Kier molecular flexibility index (Phi) is 11.6. The summed E-state index contributed by atoms with van der Waals surface area (Å²) in [6.07, 6.45) is -1.78. The Bertz CT molecular complexity index is 700. The van der Waals surface area contributed by atoms with Gasteiger partial charge < -0.3 is 25.4 Å². The summed E-state index contributed by atoms with van der Waals surface area (Å²) in [5, 5.41) is 15.1. The standard InChI is InChI=1S/C22H34FN3O5/c1-15(2)12-18(25-22(30)31-14-16-8-6-5-7-9-16)21(29)24-17(19(27)13-23)10-11-20(28)26(3)4/h5-9,15,17-19,27H,10-14H2,1-4H3,(H,24,29)(H,25,30)/t17-,18-,19?/m0/s1. The molecule has 8 nitrogen and oxygen atoms in total. The molecule has 9 heteroatoms. The van der Waals surface area contributed by atoms with Crippen molar-refractivity contribution >= 4 is 17.9 Å². The number of amides is 3. The van der Waals surface area contributed by atoms with Crippen LogP contribution >= 0.6 is 0 Å². The minimum absolute atomic E-state index is 0.0381. The Labute approximate surface area is 183 Å². The third kappa shape index (κ3) is 10.3. The highest BCUT2D eigenvalue weighted by atomic mass is 19.1. The molecule has 1 unspecified atom stereocenters. The van der Waals surface area contributed by atoms with Crippen LogP contribution in [-0.2, 0) is 20.9 Å². The van der Waals surface area contributed by atoms with Crippen molar-refractivity contribution in [2.45, 2.75) is 57.9 Å². The number of carbonyl (C=O) groups excluding carboxylic acids is 3. The molecule has 0 spiro atoms. The van der Waals surface area contributed by atoms with Crippen LogP contribution < -0.4 is 10.6 Å². The predicted octanol–water partition coefficient (Wildman–Crippen LogP) is 2.01. The van der Waals surface area contributed by atoms with Crippen LogP contribution in [0.15, 0.2) is 30.3 Å². The molecule has 0 aliphatic rings. The maximum atomic E-state index is 13.1. The number of hydrogen-bond acceptors (Lipinski definition) is 5. The third-order valence-electron chi connectivity index (χ3n) is 4.65. The van der Waals surface area contributed by atoms with Gasteiger partial charge in [0.25, 0.3) is 0 Å². The summed E-state index contributed by atoms with van der Waals surface area (Å²) in [4.78, 5) is 38.2. The van der Waals surface area contributed by atoms with Crippen molar-refractivity contribution in [2.24, 2.45) is 5.92 Å². The molecular formula is C22H34FN3O5. The van der Waals surface area contributed by atoms with Gasteiger partial charge in [-0.1, -0.05) is 44.2 Å². The highest BCUT2D eigenvalue weighted by Crippen LogP contribution is 2.10. The Hall–Kier alpha value is -2.68. The van der Waals surface area contributed by atoms with Gasteiger partial charge in [0.1, 0.15) is 25.4 Å². The molecule has 1 aromatic carbocycles. The van der Waals surface area contributed by atoms with Crippen molar-refractivity contribution in [3.63, 3.8) is 0 Å². The first-order valence-corrected chi connectivity index (χ1v) is 10.4. The minimum Gasteiger partial charge on any atom is -0.445 e. The van der Waals surface area contributed by atoms with Crippen LogP contribution in [0.25, 0.3) is 0 Å². The van der Waals surface area contributed by atoms with E-state index >= 15 is 0 Å². The SMILES string of the molecule is CC(C)C[C@H](NC(=O)OCc1ccccc1)C(=O)N[C@@H](CCC(=O)N(C)C)C(O)CF. The van der Waals surface area contributed by atoms with Gasteiger partial charge in [-0.25, -0.2) is 9.18 Å². The number of ether oxygens (including phenoxy) is 1. The molecule has 3 N–H and O–H groups in total. The molecular weight excluding hydrogens is 405 g/mol. The average molecular weight is 440 g/mol. The van der Waals surface area contributed by atoms with E-state index in [1.807, 2.05) is 44.2 Å². The van der Waals surface area contributed by atoms with Gasteiger partial charge in [-0.15, -0.1) is 0 Å². The molecule has 0 fully saturated rings. The number of halogens is 1. The topological polar surface area (TPSA) is 108 Å². The van der Waals surface area contributed by atoms with Gasteiger partial charge in [0.15, 0.2) is 0 Å². The van der Waals surface area contributed by atoms with Crippen molar-refractivity contribution in [2.75, 3.05) is 20.8 Å². The Morgan fingerprint density at radius 3 is 2.32 bits per heavy atom. The molecule has 31 heavy (non-hydrogen) atoms. The van der Waals surface area contributed by atoms with Crippen LogP contribution in [0.3, 0.4) is 0 Å². The maximum Gasteiger partial charge on any atom is 0.408 e. The first kappa shape index (κ1) is 26.4. The van der Waals surface area contributed by atoms with Crippen LogP contribution in [0.2, 0.25) is 0 Å². The van der Waals surface area contributed by atoms with E-state index in [0.29, 0.717) is 6.42 Å². The molecule has 0 saturated carbocycles. The minimum atomic E-state index is -1.45. The highest BCUT2D eigenvalue weighted by molar-refractivity contribution is 5.86. The Morgan fingerprint density at radius 1 is 1.13 bits per heavy atom. The fourth-order valence-corrected chi connectivity index (χ4v) is 2.86. The van der Waals surface area contributed by atoms with Gasteiger partial charge >= 0.3 is 6.09 Å². The van der Waals surface area contributed by atoms with Crippen LogP contribution in [0.1, 0.15) is 38.7 Å². The fraction of sp³-hybridized carbons (Fsp3) is 0.591. The first-order valence-electron chi connectivity index (χ1n) is 10.4. The van der Waals surface area contributed by atoms with E-state index in [1.54, 1.807) is 14.1 Å². The van der Waals surface area contributed by atoms with E-state index in [4.69, 9.17) is 4.74 Å². The summed E-state index contributed by atoms with van der Waals surface area (Å²) >= 11 is 0. The quantitative estimate of drug-likeness (QED) is 0.462. The number of alkyl halides is 1. The zero-order valence-electron chi connectivity index (χ0n) is 18.6. The van der Waals surface area contributed by atoms with E-state index in [0.717, 1.165) is 5.56 Å². The summed E-state index contributed by atoms with van der Waals surface area (Å²) < 4.78 is 18.2. The van der Waals surface area contributed by atoms with Crippen molar-refractivity contribution in [3.8, 4) is 0 Å². The second-order valence-corrected chi connectivity index (χ2v) is 8.05. The lowest BCUT2D eigenvalue weighted by Crippen LogP contribution is -2.53.